The number of hydrogen-bond donors (Lipinski definition) is 1. The third kappa shape index (κ3) is 5.20. The number of para-hydroxylation sites is 1. The topological polar surface area (TPSA) is 71.5 Å². The first kappa shape index (κ1) is 24.4. The summed E-state index contributed by atoms with van der Waals surface area (Å²) in [5.41, 5.74) is 5.78. The van der Waals surface area contributed by atoms with Gasteiger partial charge in [-0.15, -0.1) is 11.3 Å². The Labute approximate surface area is 226 Å². The number of aryl methyl sites for hydroxylation is 1. The van der Waals surface area contributed by atoms with Crippen LogP contribution in [0.25, 0.3) is 0 Å². The third-order valence-electron chi connectivity index (χ3n) is 7.09. The van der Waals surface area contributed by atoms with E-state index < -0.39 is 0 Å². The first-order valence-corrected chi connectivity index (χ1v) is 13.9. The fourth-order valence-electron chi connectivity index (χ4n) is 5.03. The maximum atomic E-state index is 13.3. The lowest BCUT2D eigenvalue weighted by Crippen LogP contribution is -2.41. The van der Waals surface area contributed by atoms with Crippen LogP contribution in [-0.4, -0.2) is 28.2 Å². The van der Waals surface area contributed by atoms with Crippen LogP contribution in [0.2, 0.25) is 0 Å². The van der Waals surface area contributed by atoms with E-state index in [1.807, 2.05) is 36.4 Å². The van der Waals surface area contributed by atoms with Crippen LogP contribution >= 0.6 is 11.3 Å². The number of ether oxygens (including phenoxy) is 1. The van der Waals surface area contributed by atoms with Gasteiger partial charge in [0.05, 0.1) is 6.04 Å². The van der Waals surface area contributed by atoms with Gasteiger partial charge in [-0.1, -0.05) is 54.1 Å². The smallest absolute Gasteiger partial charge is 0.275 e. The lowest BCUT2D eigenvalue weighted by molar-refractivity contribution is -0.134. The number of nitrogens with one attached hydrogen (secondary N) is 1. The number of nitrogens with zero attached hydrogens (tertiary/aromatic N) is 2. The summed E-state index contributed by atoms with van der Waals surface area (Å²) in [4.78, 5) is 32.4. The van der Waals surface area contributed by atoms with E-state index in [2.05, 4.69) is 58.5 Å². The summed E-state index contributed by atoms with van der Waals surface area (Å²) in [6, 6.07) is 23.8. The van der Waals surface area contributed by atoms with E-state index in [1.165, 1.54) is 22.5 Å². The van der Waals surface area contributed by atoms with Crippen LogP contribution in [0.4, 0.5) is 5.69 Å². The molecule has 1 aliphatic heterocycles. The highest BCUT2D eigenvalue weighted by Crippen LogP contribution is 2.41. The van der Waals surface area contributed by atoms with Gasteiger partial charge in [0.25, 0.3) is 5.91 Å². The van der Waals surface area contributed by atoms with Crippen LogP contribution in [0.15, 0.2) is 78.2 Å². The van der Waals surface area contributed by atoms with E-state index in [0.29, 0.717) is 5.69 Å². The first-order valence-electron chi connectivity index (χ1n) is 13.0. The summed E-state index contributed by atoms with van der Waals surface area (Å²) >= 11 is 1.40. The molecule has 2 heterocycles. The van der Waals surface area contributed by atoms with E-state index >= 15 is 0 Å². The molecule has 6 nitrogen and oxygen atoms in total. The summed E-state index contributed by atoms with van der Waals surface area (Å²) in [7, 11) is 0. The maximum Gasteiger partial charge on any atom is 0.275 e. The molecule has 0 radical (unpaired) electrons. The lowest BCUT2D eigenvalue weighted by Gasteiger charge is -2.38. The Kier molecular flexibility index (Phi) is 6.68. The minimum atomic E-state index is -0.242. The van der Waals surface area contributed by atoms with Crippen molar-refractivity contribution in [1.29, 1.82) is 0 Å². The molecule has 1 fully saturated rings. The van der Waals surface area contributed by atoms with Crippen molar-refractivity contribution in [3.63, 3.8) is 0 Å². The van der Waals surface area contributed by atoms with Gasteiger partial charge in [0.15, 0.2) is 0 Å². The number of aromatic nitrogens is 1. The molecule has 192 valence electrons. The van der Waals surface area contributed by atoms with Gasteiger partial charge in [0.1, 0.15) is 23.1 Å². The highest BCUT2D eigenvalue weighted by Gasteiger charge is 2.39. The lowest BCUT2D eigenvalue weighted by atomic mass is 9.87. The van der Waals surface area contributed by atoms with Gasteiger partial charge >= 0.3 is 0 Å². The molecule has 6 rings (SSSR count). The number of thiazole rings is 1. The zero-order valence-electron chi connectivity index (χ0n) is 21.2. The normalized spacial score (nSPS) is 16.6. The summed E-state index contributed by atoms with van der Waals surface area (Å²) in [5, 5.41) is 5.33. The van der Waals surface area contributed by atoms with Crippen molar-refractivity contribution >= 4 is 28.8 Å². The summed E-state index contributed by atoms with van der Waals surface area (Å²) in [6.45, 7) is 3.08. The molecule has 0 saturated heterocycles. The Bertz CT molecular complexity index is 1480. The highest BCUT2D eigenvalue weighted by atomic mass is 32.1. The van der Waals surface area contributed by atoms with Crippen molar-refractivity contribution < 1.29 is 14.3 Å². The van der Waals surface area contributed by atoms with Crippen molar-refractivity contribution in [2.75, 3.05) is 11.9 Å². The molecule has 1 saturated carbocycles. The van der Waals surface area contributed by atoms with Crippen LogP contribution in [0, 0.1) is 12.8 Å². The molecule has 1 aromatic heterocycles. The molecule has 2 amide bonds. The molecule has 3 aromatic carbocycles. The molecule has 1 atom stereocenters. The zero-order chi connectivity index (χ0) is 26.1. The molecule has 1 aliphatic carbocycles. The van der Waals surface area contributed by atoms with E-state index in [9.17, 15) is 9.59 Å². The van der Waals surface area contributed by atoms with E-state index in [4.69, 9.17) is 4.74 Å². The monoisotopic (exact) mass is 523 g/mol. The average Bonchev–Trinajstić information content (AvgIpc) is 3.68. The molecular weight excluding hydrogens is 494 g/mol. The molecule has 38 heavy (non-hydrogen) atoms. The maximum absolute atomic E-state index is 13.3. The number of benzene rings is 3. The quantitative estimate of drug-likeness (QED) is 0.315. The number of rotatable bonds is 7. The van der Waals surface area contributed by atoms with Gasteiger partial charge in [-0.2, -0.15) is 0 Å². The van der Waals surface area contributed by atoms with Crippen LogP contribution < -0.4 is 10.1 Å². The minimum Gasteiger partial charge on any atom is -0.486 e. The average molecular weight is 524 g/mol. The number of fused-ring (bicyclic) bond motifs is 1. The van der Waals surface area contributed by atoms with Gasteiger partial charge in [0, 0.05) is 23.5 Å². The van der Waals surface area contributed by atoms with Crippen molar-refractivity contribution in [3.05, 3.63) is 111 Å². The molecule has 0 bridgehead atoms. The molecule has 4 aromatic rings. The Balaban J connectivity index is 1.21. The predicted octanol–water partition coefficient (Wildman–Crippen LogP) is 6.17. The van der Waals surface area contributed by atoms with E-state index in [0.717, 1.165) is 53.4 Å². The molecule has 2 aliphatic rings. The second-order valence-corrected chi connectivity index (χ2v) is 10.9. The SMILES string of the molecule is Cc1cccc([C@H]2c3cc(OCc4nc(C(=O)Nc5ccccc5)cs4)ccc3CCN2C(=O)C2CC2)c1. The second kappa shape index (κ2) is 10.4. The predicted molar refractivity (Wildman–Crippen MR) is 148 cm³/mol. The molecule has 0 spiro atoms. The summed E-state index contributed by atoms with van der Waals surface area (Å²) in [6.07, 6.45) is 2.82. The molecular formula is C31H29N3O3S. The Morgan fingerprint density at radius 1 is 1.05 bits per heavy atom. The van der Waals surface area contributed by atoms with E-state index in [1.54, 1.807) is 5.38 Å². The van der Waals surface area contributed by atoms with Crippen LogP contribution in [-0.2, 0) is 17.8 Å². The molecule has 7 heteroatoms. The van der Waals surface area contributed by atoms with Crippen LogP contribution in [0.5, 0.6) is 5.75 Å². The molecule has 1 N–H and O–H groups in total. The second-order valence-electron chi connectivity index (χ2n) is 9.97. The molecule has 0 unspecified atom stereocenters. The standard InChI is InChI=1S/C31H29N3O3S/c1-20-6-5-7-23(16-20)29-26-17-25(13-12-21(26)14-15-34(29)31(36)22-10-11-22)37-18-28-33-27(19-38-28)30(35)32-24-8-3-2-4-9-24/h2-9,12-13,16-17,19,22,29H,10-11,14-15,18H2,1H3,(H,32,35)/t29-/m0/s1. The number of anilines is 1. The number of carbonyl (C=O) groups is 2. The third-order valence-corrected chi connectivity index (χ3v) is 7.91. The summed E-state index contributed by atoms with van der Waals surface area (Å²) < 4.78 is 6.15. The number of amides is 2. The van der Waals surface area contributed by atoms with Gasteiger partial charge < -0.3 is 15.0 Å². The Morgan fingerprint density at radius 3 is 2.68 bits per heavy atom. The van der Waals surface area contributed by atoms with Crippen LogP contribution in [0.1, 0.15) is 56.6 Å². The first-order chi connectivity index (χ1) is 18.5. The van der Waals surface area contributed by atoms with Gasteiger partial charge in [-0.05, 0) is 67.1 Å². The minimum absolute atomic E-state index is 0.122. The Morgan fingerprint density at radius 2 is 1.89 bits per heavy atom. The fraction of sp³-hybridized carbons (Fsp3) is 0.258. The number of carbonyl (C=O) groups excluding carboxylic acids is 2. The largest absolute Gasteiger partial charge is 0.486 e. The zero-order valence-corrected chi connectivity index (χ0v) is 22.0. The number of hydrogen-bond acceptors (Lipinski definition) is 5. The Hall–Kier alpha value is -3.97. The van der Waals surface area contributed by atoms with Gasteiger partial charge in [-0.25, -0.2) is 4.98 Å². The fourth-order valence-corrected chi connectivity index (χ4v) is 5.71. The summed E-state index contributed by atoms with van der Waals surface area (Å²) in [5.74, 6) is 0.917. The van der Waals surface area contributed by atoms with Crippen LogP contribution in [0.3, 0.4) is 0 Å². The van der Waals surface area contributed by atoms with Gasteiger partial charge in [0.2, 0.25) is 5.91 Å². The van der Waals surface area contributed by atoms with Crippen molar-refractivity contribution in [1.82, 2.24) is 9.88 Å². The van der Waals surface area contributed by atoms with Crippen molar-refractivity contribution in [2.24, 2.45) is 5.92 Å². The highest BCUT2D eigenvalue weighted by molar-refractivity contribution is 7.09. The van der Waals surface area contributed by atoms with Crippen molar-refractivity contribution in [2.45, 2.75) is 38.8 Å². The van der Waals surface area contributed by atoms with Crippen molar-refractivity contribution in [3.8, 4) is 5.75 Å². The van der Waals surface area contributed by atoms with Gasteiger partial charge in [-0.3, -0.25) is 9.59 Å². The van der Waals surface area contributed by atoms with E-state index in [-0.39, 0.29) is 30.4 Å².